The van der Waals surface area contributed by atoms with E-state index in [1.54, 1.807) is 31.2 Å². The predicted octanol–water partition coefficient (Wildman–Crippen LogP) is 4.37. The summed E-state index contributed by atoms with van der Waals surface area (Å²) < 4.78 is 15.8. The van der Waals surface area contributed by atoms with E-state index in [0.717, 1.165) is 5.56 Å². The number of ether oxygens (including phenoxy) is 2. The summed E-state index contributed by atoms with van der Waals surface area (Å²) in [7, 11) is 0. The molecule has 1 N–H and O–H groups in total. The van der Waals surface area contributed by atoms with Crippen molar-refractivity contribution < 1.29 is 23.9 Å². The van der Waals surface area contributed by atoms with E-state index in [-0.39, 0.29) is 12.4 Å². The number of benzene rings is 2. The fourth-order valence-corrected chi connectivity index (χ4v) is 2.64. The van der Waals surface area contributed by atoms with Gasteiger partial charge in [0.05, 0.1) is 12.2 Å². The van der Waals surface area contributed by atoms with E-state index in [0.29, 0.717) is 34.9 Å². The highest BCUT2D eigenvalue weighted by Gasteiger charge is 2.15. The normalized spacial score (nSPS) is 11.3. The van der Waals surface area contributed by atoms with Gasteiger partial charge >= 0.3 is 5.97 Å². The molecule has 0 unspecified atom stereocenters. The van der Waals surface area contributed by atoms with Gasteiger partial charge in [-0.1, -0.05) is 41.6 Å². The molecule has 6 nitrogen and oxygen atoms in total. The number of hydrogen-bond donors (Lipinski definition) is 1. The fourth-order valence-electron chi connectivity index (χ4n) is 2.64. The van der Waals surface area contributed by atoms with E-state index in [9.17, 15) is 9.90 Å². The number of carbonyl (C=O) groups excluding carboxylic acids is 1. The Morgan fingerprint density at radius 3 is 2.64 bits per heavy atom. The third kappa shape index (κ3) is 4.79. The van der Waals surface area contributed by atoms with Crippen molar-refractivity contribution in [1.29, 1.82) is 0 Å². The van der Waals surface area contributed by atoms with E-state index in [1.165, 1.54) is 6.07 Å². The minimum atomic E-state index is -0.488. The van der Waals surface area contributed by atoms with Crippen LogP contribution in [0.4, 0.5) is 0 Å². The molecule has 2 aromatic carbocycles. The summed E-state index contributed by atoms with van der Waals surface area (Å²) in [4.78, 5) is 12.8. The van der Waals surface area contributed by atoms with Gasteiger partial charge in [-0.25, -0.2) is 4.79 Å². The minimum Gasteiger partial charge on any atom is -0.504 e. The summed E-state index contributed by atoms with van der Waals surface area (Å²) in [6, 6.07) is 15.9. The Kier molecular flexibility index (Phi) is 6.11. The first-order chi connectivity index (χ1) is 13.6. The van der Waals surface area contributed by atoms with Crippen molar-refractivity contribution in [3.63, 3.8) is 0 Å². The monoisotopic (exact) mass is 379 g/mol. The number of aromatic nitrogens is 1. The SMILES string of the molecule is CCOc1cc(/C=C(/C(=O)OCc2cc(C)on2)c2ccccc2)ccc1O. The molecule has 3 aromatic rings. The van der Waals surface area contributed by atoms with Gasteiger partial charge in [-0.2, -0.15) is 0 Å². The second-order valence-corrected chi connectivity index (χ2v) is 6.09. The quantitative estimate of drug-likeness (QED) is 0.373. The molecule has 6 heteroatoms. The highest BCUT2D eigenvalue weighted by Crippen LogP contribution is 2.29. The molecule has 0 aliphatic heterocycles. The molecular weight excluding hydrogens is 358 g/mol. The van der Waals surface area contributed by atoms with E-state index in [2.05, 4.69) is 5.16 Å². The molecule has 0 aliphatic rings. The standard InChI is InChI=1S/C22H21NO5/c1-3-26-21-13-16(9-10-20(21)24)12-19(17-7-5-4-6-8-17)22(25)27-14-18-11-15(2)28-23-18/h4-13,24H,3,14H2,1-2H3/b19-12+. The topological polar surface area (TPSA) is 81.8 Å². The number of carbonyl (C=O) groups is 1. The average Bonchev–Trinajstić information content (AvgIpc) is 3.12. The molecule has 0 fully saturated rings. The second-order valence-electron chi connectivity index (χ2n) is 6.09. The number of hydrogen-bond acceptors (Lipinski definition) is 6. The molecule has 0 atom stereocenters. The van der Waals surface area contributed by atoms with Crippen LogP contribution in [0.3, 0.4) is 0 Å². The molecular formula is C22H21NO5. The van der Waals surface area contributed by atoms with Crippen molar-refractivity contribution in [2.75, 3.05) is 6.61 Å². The maximum atomic E-state index is 12.8. The Balaban J connectivity index is 1.89. The smallest absolute Gasteiger partial charge is 0.339 e. The van der Waals surface area contributed by atoms with Gasteiger partial charge in [0, 0.05) is 6.07 Å². The van der Waals surface area contributed by atoms with Gasteiger partial charge in [0.25, 0.3) is 0 Å². The van der Waals surface area contributed by atoms with Gasteiger partial charge in [-0.05, 0) is 43.2 Å². The molecule has 0 saturated heterocycles. The van der Waals surface area contributed by atoms with E-state index < -0.39 is 5.97 Å². The third-order valence-electron chi connectivity index (χ3n) is 3.93. The van der Waals surface area contributed by atoms with E-state index in [1.807, 2.05) is 37.3 Å². The first kappa shape index (κ1) is 19.2. The zero-order chi connectivity index (χ0) is 19.9. The van der Waals surface area contributed by atoms with Crippen LogP contribution in [0.2, 0.25) is 0 Å². The van der Waals surface area contributed by atoms with Gasteiger partial charge in [0.2, 0.25) is 0 Å². The summed E-state index contributed by atoms with van der Waals surface area (Å²) in [5.41, 5.74) is 2.35. The van der Waals surface area contributed by atoms with Crippen molar-refractivity contribution in [1.82, 2.24) is 5.16 Å². The molecule has 0 bridgehead atoms. The lowest BCUT2D eigenvalue weighted by atomic mass is 10.0. The molecule has 0 radical (unpaired) electrons. The maximum Gasteiger partial charge on any atom is 0.339 e. The third-order valence-corrected chi connectivity index (χ3v) is 3.93. The Labute approximate surface area is 163 Å². The summed E-state index contributed by atoms with van der Waals surface area (Å²) in [5.74, 6) is 0.564. The largest absolute Gasteiger partial charge is 0.504 e. The number of aryl methyl sites for hydroxylation is 1. The molecule has 0 aliphatic carbocycles. The molecule has 0 saturated carbocycles. The number of aromatic hydroxyl groups is 1. The number of esters is 1. The fraction of sp³-hybridized carbons (Fsp3) is 0.182. The minimum absolute atomic E-state index is 0.0140. The first-order valence-corrected chi connectivity index (χ1v) is 8.89. The van der Waals surface area contributed by atoms with Crippen molar-refractivity contribution in [2.24, 2.45) is 0 Å². The highest BCUT2D eigenvalue weighted by molar-refractivity contribution is 6.21. The summed E-state index contributed by atoms with van der Waals surface area (Å²) in [5, 5.41) is 13.7. The molecule has 3 rings (SSSR count). The van der Waals surface area contributed by atoms with Gasteiger partial charge in [0.1, 0.15) is 18.1 Å². The van der Waals surface area contributed by atoms with Crippen LogP contribution < -0.4 is 4.74 Å². The molecule has 1 aromatic heterocycles. The summed E-state index contributed by atoms with van der Waals surface area (Å²) >= 11 is 0. The zero-order valence-corrected chi connectivity index (χ0v) is 15.7. The molecule has 0 spiro atoms. The van der Waals surface area contributed by atoms with Crippen molar-refractivity contribution in [2.45, 2.75) is 20.5 Å². The Hall–Kier alpha value is -3.54. The highest BCUT2D eigenvalue weighted by atomic mass is 16.5. The van der Waals surface area contributed by atoms with Crippen molar-refractivity contribution in [3.05, 3.63) is 77.2 Å². The predicted molar refractivity (Wildman–Crippen MR) is 105 cm³/mol. The average molecular weight is 379 g/mol. The Bertz CT molecular complexity index is 976. The Morgan fingerprint density at radius 2 is 1.96 bits per heavy atom. The van der Waals surface area contributed by atoms with Crippen LogP contribution in [-0.2, 0) is 16.1 Å². The second kappa shape index (κ2) is 8.90. The van der Waals surface area contributed by atoms with Crippen molar-refractivity contribution in [3.8, 4) is 11.5 Å². The van der Waals surface area contributed by atoms with Crippen LogP contribution in [0.5, 0.6) is 11.5 Å². The van der Waals surface area contributed by atoms with Gasteiger partial charge < -0.3 is 19.1 Å². The summed E-state index contributed by atoms with van der Waals surface area (Å²) in [6.07, 6.45) is 1.70. The van der Waals surface area contributed by atoms with Gasteiger partial charge in [-0.15, -0.1) is 0 Å². The van der Waals surface area contributed by atoms with Crippen LogP contribution >= 0.6 is 0 Å². The van der Waals surface area contributed by atoms with Crippen LogP contribution in [0.1, 0.15) is 29.5 Å². The van der Waals surface area contributed by atoms with Crippen LogP contribution in [0, 0.1) is 6.92 Å². The van der Waals surface area contributed by atoms with Crippen LogP contribution in [-0.4, -0.2) is 22.8 Å². The van der Waals surface area contributed by atoms with E-state index in [4.69, 9.17) is 14.0 Å². The van der Waals surface area contributed by atoms with Gasteiger partial charge in [-0.3, -0.25) is 0 Å². The van der Waals surface area contributed by atoms with E-state index >= 15 is 0 Å². The number of rotatable bonds is 7. The lowest BCUT2D eigenvalue weighted by Crippen LogP contribution is -2.07. The molecule has 144 valence electrons. The molecule has 1 heterocycles. The number of phenols is 1. The van der Waals surface area contributed by atoms with Crippen molar-refractivity contribution >= 4 is 17.6 Å². The Morgan fingerprint density at radius 1 is 1.18 bits per heavy atom. The molecule has 0 amide bonds. The lowest BCUT2D eigenvalue weighted by molar-refractivity contribution is -0.137. The zero-order valence-electron chi connectivity index (χ0n) is 15.7. The first-order valence-electron chi connectivity index (χ1n) is 8.89. The van der Waals surface area contributed by atoms with Crippen LogP contribution in [0.15, 0.2) is 59.1 Å². The lowest BCUT2D eigenvalue weighted by Gasteiger charge is -2.10. The number of nitrogens with zero attached hydrogens (tertiary/aromatic N) is 1. The van der Waals surface area contributed by atoms with Crippen LogP contribution in [0.25, 0.3) is 11.6 Å². The van der Waals surface area contributed by atoms with Gasteiger partial charge in [0.15, 0.2) is 11.5 Å². The maximum absolute atomic E-state index is 12.8. The molecule has 28 heavy (non-hydrogen) atoms. The number of phenolic OH excluding ortho intramolecular Hbond substituents is 1. The summed E-state index contributed by atoms with van der Waals surface area (Å²) in [6.45, 7) is 4.04.